The van der Waals surface area contributed by atoms with E-state index in [2.05, 4.69) is 65.7 Å². The van der Waals surface area contributed by atoms with E-state index in [1.54, 1.807) is 0 Å². The van der Waals surface area contributed by atoms with Gasteiger partial charge in [-0.25, -0.2) is 4.98 Å². The average Bonchev–Trinajstić information content (AvgIpc) is 3.14. The van der Waals surface area contributed by atoms with E-state index >= 15 is 0 Å². The van der Waals surface area contributed by atoms with Gasteiger partial charge in [-0.3, -0.25) is 4.79 Å². The van der Waals surface area contributed by atoms with Gasteiger partial charge in [-0.15, -0.1) is 0 Å². The summed E-state index contributed by atoms with van der Waals surface area (Å²) in [5, 5.41) is 1.13. The lowest BCUT2D eigenvalue weighted by atomic mass is 9.88. The number of hydrogen-bond acceptors (Lipinski definition) is 3. The Morgan fingerprint density at radius 1 is 1.16 bits per heavy atom. The van der Waals surface area contributed by atoms with E-state index in [1.165, 1.54) is 18.4 Å². The molecule has 0 aromatic carbocycles. The van der Waals surface area contributed by atoms with Crippen LogP contribution in [0.3, 0.4) is 0 Å². The Balaban J connectivity index is 1.37. The molecule has 2 aromatic rings. The van der Waals surface area contributed by atoms with Gasteiger partial charge in [-0.1, -0.05) is 20.7 Å². The molecule has 0 radical (unpaired) electrons. The van der Waals surface area contributed by atoms with Crippen LogP contribution in [0.1, 0.15) is 43.5 Å². The Hall–Kier alpha value is -2.23. The molecular weight excluding hydrogens is 403 g/mol. The zero-order chi connectivity index (χ0) is 21.7. The number of carbonyl (C=O) groups is 1. The first-order chi connectivity index (χ1) is 14.9. The molecule has 31 heavy (non-hydrogen) atoms. The quantitative estimate of drug-likeness (QED) is 0.657. The predicted molar refractivity (Wildman–Crippen MR) is 128 cm³/mol. The molecule has 0 bridgehead atoms. The molecule has 3 aliphatic rings. The van der Waals surface area contributed by atoms with Crippen molar-refractivity contribution in [1.29, 1.82) is 0 Å². The molecule has 162 valence electrons. The van der Waals surface area contributed by atoms with Crippen LogP contribution in [-0.4, -0.2) is 50.0 Å². The molecule has 2 unspecified atom stereocenters. The summed E-state index contributed by atoms with van der Waals surface area (Å²) in [6.07, 6.45) is 15.0. The largest absolute Gasteiger partial charge is 0.306 e. The lowest BCUT2D eigenvalue weighted by molar-refractivity contribution is -0.123. The summed E-state index contributed by atoms with van der Waals surface area (Å²) in [5.74, 6) is 0.788. The third-order valence-electron chi connectivity index (χ3n) is 6.78. The summed E-state index contributed by atoms with van der Waals surface area (Å²) >= 11 is 0. The van der Waals surface area contributed by atoms with Crippen molar-refractivity contribution < 1.29 is 4.79 Å². The molecule has 1 saturated heterocycles. The second kappa shape index (κ2) is 8.03. The number of piperidine rings is 1. The topological polar surface area (TPSA) is 40.9 Å². The third-order valence-corrected chi connectivity index (χ3v) is 8.29. The van der Waals surface area contributed by atoms with Crippen LogP contribution in [-0.2, 0) is 4.79 Å². The SMILES string of the molecule is Cc1cn2cc(C3=CC(=O)N4C=C(C5CCN(C(C)C)CC5)C=CC4P3)cc(C)c2n1. The number of aromatic nitrogens is 2. The minimum absolute atomic E-state index is 0.0970. The number of imidazole rings is 1. The standard InChI is InChI=1S/C25H31N4OP/c1-16(2)27-9-7-19(8-10-27)20-5-6-24-29(15-20)23(30)12-22(31-24)21-11-17(3)25-26-18(4)13-28(25)14-21/h5-6,11-16,19,24,31H,7-10H2,1-4H3. The molecule has 0 N–H and O–H groups in total. The molecular formula is C25H31N4OP. The molecule has 3 aliphatic heterocycles. The van der Waals surface area contributed by atoms with Crippen LogP contribution < -0.4 is 0 Å². The Kier molecular flexibility index (Phi) is 5.35. The summed E-state index contributed by atoms with van der Waals surface area (Å²) in [7, 11) is 0.544. The average molecular weight is 435 g/mol. The lowest BCUT2D eigenvalue weighted by Gasteiger charge is -2.38. The van der Waals surface area contributed by atoms with Crippen molar-refractivity contribution in [3.05, 3.63) is 65.3 Å². The Labute approximate surface area is 186 Å². The number of amides is 1. The van der Waals surface area contributed by atoms with Gasteiger partial charge in [0.1, 0.15) is 5.65 Å². The van der Waals surface area contributed by atoms with Crippen molar-refractivity contribution >= 4 is 25.4 Å². The van der Waals surface area contributed by atoms with Gasteiger partial charge in [-0.05, 0) is 87.6 Å². The molecule has 5 nitrogen and oxygen atoms in total. The fraction of sp³-hybridized carbons (Fsp3) is 0.440. The van der Waals surface area contributed by atoms with Gasteiger partial charge in [0.2, 0.25) is 0 Å². The summed E-state index contributed by atoms with van der Waals surface area (Å²) in [5.41, 5.74) is 5.58. The summed E-state index contributed by atoms with van der Waals surface area (Å²) in [6, 6.07) is 2.78. The first kappa shape index (κ1) is 20.7. The van der Waals surface area contributed by atoms with Crippen molar-refractivity contribution in [1.82, 2.24) is 19.2 Å². The summed E-state index contributed by atoms with van der Waals surface area (Å²) < 4.78 is 2.08. The van der Waals surface area contributed by atoms with E-state index in [-0.39, 0.29) is 11.7 Å². The molecule has 5 rings (SSSR count). The van der Waals surface area contributed by atoms with Crippen LogP contribution in [0.2, 0.25) is 0 Å². The molecule has 1 amide bonds. The first-order valence-corrected chi connectivity index (χ1v) is 12.4. The van der Waals surface area contributed by atoms with Crippen LogP contribution in [0.15, 0.2) is 48.5 Å². The zero-order valence-corrected chi connectivity index (χ0v) is 19.8. The molecule has 1 fully saturated rings. The number of fused-ring (bicyclic) bond motifs is 2. The second-order valence-electron chi connectivity index (χ2n) is 9.31. The number of pyridine rings is 1. The molecule has 0 saturated carbocycles. The van der Waals surface area contributed by atoms with Gasteiger partial charge in [0, 0.05) is 30.7 Å². The smallest absolute Gasteiger partial charge is 0.252 e. The molecule has 6 heteroatoms. The lowest BCUT2D eigenvalue weighted by Crippen LogP contribution is -2.40. The fourth-order valence-electron chi connectivity index (χ4n) is 4.99. The van der Waals surface area contributed by atoms with Crippen molar-refractivity contribution in [3.63, 3.8) is 0 Å². The molecule has 2 atom stereocenters. The van der Waals surface area contributed by atoms with Crippen LogP contribution >= 0.6 is 8.58 Å². The van der Waals surface area contributed by atoms with Crippen LogP contribution in [0.5, 0.6) is 0 Å². The number of hydrogen-bond donors (Lipinski definition) is 0. The fourth-order valence-corrected chi connectivity index (χ4v) is 6.35. The monoisotopic (exact) mass is 434 g/mol. The predicted octanol–water partition coefficient (Wildman–Crippen LogP) is 4.71. The van der Waals surface area contributed by atoms with E-state index in [0.717, 1.165) is 40.9 Å². The number of aryl methyl sites for hydroxylation is 2. The maximum atomic E-state index is 13.1. The third kappa shape index (κ3) is 3.90. The van der Waals surface area contributed by atoms with Gasteiger partial charge < -0.3 is 14.2 Å². The van der Waals surface area contributed by atoms with Gasteiger partial charge in [0.05, 0.1) is 11.5 Å². The highest BCUT2D eigenvalue weighted by molar-refractivity contribution is 7.51. The van der Waals surface area contributed by atoms with E-state index < -0.39 is 0 Å². The van der Waals surface area contributed by atoms with E-state index in [4.69, 9.17) is 0 Å². The number of likely N-dealkylation sites (tertiary alicyclic amines) is 1. The summed E-state index contributed by atoms with van der Waals surface area (Å²) in [4.78, 5) is 22.2. The minimum Gasteiger partial charge on any atom is -0.306 e. The highest BCUT2D eigenvalue weighted by atomic mass is 31.1. The number of nitrogens with zero attached hydrogens (tertiary/aromatic N) is 4. The van der Waals surface area contributed by atoms with Crippen LogP contribution in [0, 0.1) is 19.8 Å². The van der Waals surface area contributed by atoms with Gasteiger partial charge in [0.15, 0.2) is 0 Å². The zero-order valence-electron chi connectivity index (χ0n) is 18.8. The molecule has 2 aromatic heterocycles. The van der Waals surface area contributed by atoms with Crippen LogP contribution in [0.25, 0.3) is 11.0 Å². The van der Waals surface area contributed by atoms with Gasteiger partial charge in [-0.2, -0.15) is 0 Å². The van der Waals surface area contributed by atoms with E-state index in [9.17, 15) is 4.79 Å². The molecule has 5 heterocycles. The Morgan fingerprint density at radius 3 is 2.68 bits per heavy atom. The van der Waals surface area contributed by atoms with E-state index in [1.807, 2.05) is 24.1 Å². The van der Waals surface area contributed by atoms with Crippen molar-refractivity contribution in [2.45, 2.75) is 52.4 Å². The van der Waals surface area contributed by atoms with Crippen molar-refractivity contribution in [3.8, 4) is 0 Å². The summed E-state index contributed by atoms with van der Waals surface area (Å²) in [6.45, 7) is 10.9. The van der Waals surface area contributed by atoms with Crippen molar-refractivity contribution in [2.75, 3.05) is 13.1 Å². The highest BCUT2D eigenvalue weighted by Crippen LogP contribution is 2.45. The number of allylic oxidation sites excluding steroid dienone is 2. The van der Waals surface area contributed by atoms with Gasteiger partial charge >= 0.3 is 0 Å². The molecule has 0 spiro atoms. The molecule has 0 aliphatic carbocycles. The van der Waals surface area contributed by atoms with Gasteiger partial charge in [0.25, 0.3) is 5.91 Å². The Morgan fingerprint density at radius 2 is 1.94 bits per heavy atom. The van der Waals surface area contributed by atoms with E-state index in [0.29, 0.717) is 20.5 Å². The normalized spacial score (nSPS) is 23.6. The highest BCUT2D eigenvalue weighted by Gasteiger charge is 2.31. The maximum absolute atomic E-state index is 13.1. The first-order valence-electron chi connectivity index (χ1n) is 11.3. The van der Waals surface area contributed by atoms with Crippen molar-refractivity contribution in [2.24, 2.45) is 5.92 Å². The second-order valence-corrected chi connectivity index (χ2v) is 10.7. The Bertz CT molecular complexity index is 1120. The number of rotatable bonds is 3. The number of carbonyl (C=O) groups excluding carboxylic acids is 1. The van der Waals surface area contributed by atoms with Crippen LogP contribution in [0.4, 0.5) is 0 Å². The maximum Gasteiger partial charge on any atom is 0.252 e. The minimum atomic E-state index is 0.0970.